The zero-order valence-corrected chi connectivity index (χ0v) is 17.0. The number of rotatable bonds is 4. The van der Waals surface area contributed by atoms with Gasteiger partial charge in [0.05, 0.1) is 8.65 Å². The third-order valence-corrected chi connectivity index (χ3v) is 6.43. The number of hydrogen-bond acceptors (Lipinski definition) is 0. The molecule has 0 radical (unpaired) electrons. The van der Waals surface area contributed by atoms with E-state index in [9.17, 15) is 0 Å². The molecule has 0 aliphatic heterocycles. The van der Waals surface area contributed by atoms with Gasteiger partial charge in [0, 0.05) is 0 Å². The highest BCUT2D eigenvalue weighted by atomic mass is 79.9. The van der Waals surface area contributed by atoms with E-state index >= 15 is 0 Å². The van der Waals surface area contributed by atoms with Crippen molar-refractivity contribution >= 4 is 31.9 Å². The minimum atomic E-state index is -0.192. The summed E-state index contributed by atoms with van der Waals surface area (Å²) in [5.41, 5.74) is 4.99. The summed E-state index contributed by atoms with van der Waals surface area (Å²) in [6.07, 6.45) is 0. The van der Waals surface area contributed by atoms with Crippen molar-refractivity contribution < 1.29 is 0 Å². The second-order valence-corrected chi connectivity index (χ2v) is 9.49. The zero-order chi connectivity index (χ0) is 17.2. The van der Waals surface area contributed by atoms with Crippen LogP contribution in [0, 0.1) is 0 Å². The van der Waals surface area contributed by atoms with E-state index in [0.717, 1.165) is 0 Å². The molecule has 0 amide bonds. The van der Waals surface area contributed by atoms with Gasteiger partial charge in [-0.15, -0.1) is 0 Å². The summed E-state index contributed by atoms with van der Waals surface area (Å²) in [5, 5.41) is 0. The van der Waals surface area contributed by atoms with E-state index in [1.807, 2.05) is 12.1 Å². The van der Waals surface area contributed by atoms with Gasteiger partial charge < -0.3 is 0 Å². The quantitative estimate of drug-likeness (QED) is 0.380. The molecule has 2 heteroatoms. The fourth-order valence-electron chi connectivity index (χ4n) is 2.93. The lowest BCUT2D eigenvalue weighted by molar-refractivity contribution is 0.838. The Hall–Kier alpha value is -1.38. The minimum Gasteiger partial charge on any atom is -0.0752 e. The Morgan fingerprint density at radius 2 is 0.708 bits per heavy atom. The SMILES string of the molecule is CC(Br)(c1ccccc1)c1ccc(C(C)(Br)c2ccccc2)cc1. The van der Waals surface area contributed by atoms with E-state index in [2.05, 4.69) is 119 Å². The zero-order valence-electron chi connectivity index (χ0n) is 13.8. The van der Waals surface area contributed by atoms with Crippen molar-refractivity contribution in [3.8, 4) is 0 Å². The number of benzene rings is 3. The fourth-order valence-corrected chi connectivity index (χ4v) is 3.99. The second kappa shape index (κ2) is 6.85. The van der Waals surface area contributed by atoms with Crippen molar-refractivity contribution in [2.45, 2.75) is 22.5 Å². The van der Waals surface area contributed by atoms with Crippen LogP contribution < -0.4 is 0 Å². The molecule has 2 unspecified atom stereocenters. The van der Waals surface area contributed by atoms with Gasteiger partial charge in [-0.1, -0.05) is 117 Å². The molecule has 24 heavy (non-hydrogen) atoms. The molecule has 0 aliphatic rings. The van der Waals surface area contributed by atoms with Crippen LogP contribution in [0.15, 0.2) is 84.9 Å². The standard InChI is InChI=1S/C22H20Br2/c1-21(23,17-9-5-3-6-10-17)19-13-15-20(16-14-19)22(2,24)18-11-7-4-8-12-18/h3-16H,1-2H3. The van der Waals surface area contributed by atoms with Gasteiger partial charge in [0.25, 0.3) is 0 Å². The monoisotopic (exact) mass is 442 g/mol. The van der Waals surface area contributed by atoms with Crippen molar-refractivity contribution in [2.24, 2.45) is 0 Å². The van der Waals surface area contributed by atoms with Crippen LogP contribution in [-0.2, 0) is 8.65 Å². The van der Waals surface area contributed by atoms with Crippen molar-refractivity contribution in [1.29, 1.82) is 0 Å². The molecular formula is C22H20Br2. The van der Waals surface area contributed by atoms with Gasteiger partial charge in [0.2, 0.25) is 0 Å². The Bertz CT molecular complexity index is 718. The lowest BCUT2D eigenvalue weighted by Crippen LogP contribution is -2.17. The van der Waals surface area contributed by atoms with Gasteiger partial charge in [0.15, 0.2) is 0 Å². The predicted molar refractivity (Wildman–Crippen MR) is 110 cm³/mol. The first-order chi connectivity index (χ1) is 11.4. The first kappa shape index (κ1) is 17.4. The third kappa shape index (κ3) is 3.36. The highest BCUT2D eigenvalue weighted by Crippen LogP contribution is 2.41. The maximum atomic E-state index is 3.91. The Morgan fingerprint density at radius 3 is 1.00 bits per heavy atom. The second-order valence-electron chi connectivity index (χ2n) is 6.32. The van der Waals surface area contributed by atoms with E-state index in [1.165, 1.54) is 22.3 Å². The molecule has 122 valence electrons. The van der Waals surface area contributed by atoms with Crippen molar-refractivity contribution in [3.05, 3.63) is 107 Å². The highest BCUT2D eigenvalue weighted by molar-refractivity contribution is 9.10. The molecule has 3 rings (SSSR count). The topological polar surface area (TPSA) is 0 Å². The van der Waals surface area contributed by atoms with Gasteiger partial charge in [-0.2, -0.15) is 0 Å². The van der Waals surface area contributed by atoms with Gasteiger partial charge in [-0.25, -0.2) is 0 Å². The van der Waals surface area contributed by atoms with Crippen molar-refractivity contribution in [3.63, 3.8) is 0 Å². The van der Waals surface area contributed by atoms with Crippen LogP contribution in [0.1, 0.15) is 36.1 Å². The average molecular weight is 444 g/mol. The van der Waals surface area contributed by atoms with Crippen LogP contribution in [-0.4, -0.2) is 0 Å². The molecule has 3 aromatic rings. The largest absolute Gasteiger partial charge is 0.0752 e. The summed E-state index contributed by atoms with van der Waals surface area (Å²) in [5.74, 6) is 0. The maximum absolute atomic E-state index is 3.91. The van der Waals surface area contributed by atoms with E-state index in [-0.39, 0.29) is 8.65 Å². The molecule has 3 aromatic carbocycles. The smallest absolute Gasteiger partial charge is 0.0726 e. The Labute approximate surface area is 161 Å². The summed E-state index contributed by atoms with van der Waals surface area (Å²) in [6, 6.07) is 29.9. The Balaban J connectivity index is 1.94. The van der Waals surface area contributed by atoms with Crippen molar-refractivity contribution in [1.82, 2.24) is 0 Å². The predicted octanol–water partition coefficient (Wildman–Crippen LogP) is 7.00. The van der Waals surface area contributed by atoms with E-state index < -0.39 is 0 Å². The summed E-state index contributed by atoms with van der Waals surface area (Å²) in [7, 11) is 0. The van der Waals surface area contributed by atoms with Gasteiger partial charge >= 0.3 is 0 Å². The van der Waals surface area contributed by atoms with Crippen LogP contribution in [0.5, 0.6) is 0 Å². The van der Waals surface area contributed by atoms with Crippen LogP contribution >= 0.6 is 31.9 Å². The molecule has 0 heterocycles. The van der Waals surface area contributed by atoms with Gasteiger partial charge in [-0.3, -0.25) is 0 Å². The molecule has 0 spiro atoms. The van der Waals surface area contributed by atoms with Crippen LogP contribution in [0.2, 0.25) is 0 Å². The molecular weight excluding hydrogens is 424 g/mol. The van der Waals surface area contributed by atoms with E-state index in [4.69, 9.17) is 0 Å². The molecule has 0 aromatic heterocycles. The molecule has 2 atom stereocenters. The highest BCUT2D eigenvalue weighted by Gasteiger charge is 2.28. The fraction of sp³-hybridized carbons (Fsp3) is 0.182. The number of hydrogen-bond donors (Lipinski definition) is 0. The first-order valence-electron chi connectivity index (χ1n) is 8.02. The normalized spacial score (nSPS) is 16.2. The van der Waals surface area contributed by atoms with E-state index in [1.54, 1.807) is 0 Å². The van der Waals surface area contributed by atoms with Crippen LogP contribution in [0.3, 0.4) is 0 Å². The Kier molecular flexibility index (Phi) is 4.98. The lowest BCUT2D eigenvalue weighted by atomic mass is 9.88. The first-order valence-corrected chi connectivity index (χ1v) is 9.61. The van der Waals surface area contributed by atoms with Crippen LogP contribution in [0.25, 0.3) is 0 Å². The van der Waals surface area contributed by atoms with Gasteiger partial charge in [0.1, 0.15) is 0 Å². The molecule has 0 aliphatic carbocycles. The molecule has 0 saturated carbocycles. The number of alkyl halides is 2. The Morgan fingerprint density at radius 1 is 0.458 bits per heavy atom. The summed E-state index contributed by atoms with van der Waals surface area (Å²) in [4.78, 5) is 0. The molecule has 0 saturated heterocycles. The molecule has 0 fully saturated rings. The van der Waals surface area contributed by atoms with Crippen molar-refractivity contribution in [2.75, 3.05) is 0 Å². The lowest BCUT2D eigenvalue weighted by Gasteiger charge is -2.27. The molecule has 0 bridgehead atoms. The minimum absolute atomic E-state index is 0.192. The van der Waals surface area contributed by atoms with E-state index in [0.29, 0.717) is 0 Å². The summed E-state index contributed by atoms with van der Waals surface area (Å²) in [6.45, 7) is 4.39. The maximum Gasteiger partial charge on any atom is 0.0726 e. The molecule has 0 N–H and O–H groups in total. The average Bonchev–Trinajstić information content (AvgIpc) is 2.63. The third-order valence-electron chi connectivity index (χ3n) is 4.60. The molecule has 0 nitrogen and oxygen atoms in total. The van der Waals surface area contributed by atoms with Crippen LogP contribution in [0.4, 0.5) is 0 Å². The number of halogens is 2. The summed E-state index contributed by atoms with van der Waals surface area (Å²) >= 11 is 7.81. The summed E-state index contributed by atoms with van der Waals surface area (Å²) < 4.78 is -0.384. The van der Waals surface area contributed by atoms with Gasteiger partial charge in [-0.05, 0) is 36.1 Å².